The summed E-state index contributed by atoms with van der Waals surface area (Å²) in [5, 5.41) is 0. The Morgan fingerprint density at radius 3 is 2.68 bits per heavy atom. The molecule has 1 aromatic rings. The zero-order valence-electron chi connectivity index (χ0n) is 11.0. The average Bonchev–Trinajstić information content (AvgIpc) is 2.89. The fourth-order valence-electron chi connectivity index (χ4n) is 1.93. The standard InChI is InChI=1S/C14H17NO4/c1-17-12-8-9-13(18-2)15(12)14(16)19-10-11-6-4-3-5-7-11/h3-8,13H,9-10H2,1-2H3. The molecule has 1 amide bonds. The first-order valence-electron chi connectivity index (χ1n) is 6.03. The van der Waals surface area contributed by atoms with Gasteiger partial charge >= 0.3 is 6.09 Å². The molecule has 0 saturated carbocycles. The van der Waals surface area contributed by atoms with Crippen molar-refractivity contribution >= 4 is 6.09 Å². The quantitative estimate of drug-likeness (QED) is 0.837. The summed E-state index contributed by atoms with van der Waals surface area (Å²) in [6.45, 7) is 0.226. The lowest BCUT2D eigenvalue weighted by Gasteiger charge is -2.24. The molecule has 0 aromatic heterocycles. The molecule has 1 unspecified atom stereocenters. The van der Waals surface area contributed by atoms with Gasteiger partial charge in [-0.25, -0.2) is 9.69 Å². The Bertz CT molecular complexity index is 458. The second-order valence-electron chi connectivity index (χ2n) is 4.08. The highest BCUT2D eigenvalue weighted by Gasteiger charge is 2.33. The topological polar surface area (TPSA) is 48.0 Å². The van der Waals surface area contributed by atoms with Crippen LogP contribution in [0.25, 0.3) is 0 Å². The highest BCUT2D eigenvalue weighted by molar-refractivity contribution is 5.70. The maximum atomic E-state index is 12.1. The van der Waals surface area contributed by atoms with Crippen LogP contribution in [0, 0.1) is 0 Å². The van der Waals surface area contributed by atoms with Gasteiger partial charge in [-0.05, 0) is 11.6 Å². The first-order valence-corrected chi connectivity index (χ1v) is 6.03. The number of carbonyl (C=O) groups is 1. The number of amides is 1. The van der Waals surface area contributed by atoms with Gasteiger partial charge < -0.3 is 14.2 Å². The highest BCUT2D eigenvalue weighted by atomic mass is 16.6. The van der Waals surface area contributed by atoms with E-state index < -0.39 is 6.09 Å². The van der Waals surface area contributed by atoms with Crippen molar-refractivity contribution in [1.82, 2.24) is 4.90 Å². The van der Waals surface area contributed by atoms with Crippen LogP contribution in [0.2, 0.25) is 0 Å². The van der Waals surface area contributed by atoms with Crippen LogP contribution >= 0.6 is 0 Å². The third-order valence-electron chi connectivity index (χ3n) is 2.90. The summed E-state index contributed by atoms with van der Waals surface area (Å²) in [4.78, 5) is 13.4. The third-order valence-corrected chi connectivity index (χ3v) is 2.90. The van der Waals surface area contributed by atoms with Crippen LogP contribution in [0.5, 0.6) is 0 Å². The highest BCUT2D eigenvalue weighted by Crippen LogP contribution is 2.24. The van der Waals surface area contributed by atoms with Crippen LogP contribution in [-0.4, -0.2) is 31.4 Å². The number of methoxy groups -OCH3 is 2. The molecule has 19 heavy (non-hydrogen) atoms. The van der Waals surface area contributed by atoms with Crippen molar-refractivity contribution in [3.8, 4) is 0 Å². The SMILES string of the molecule is COC1=CCC(OC)N1C(=O)OCc1ccccc1. The van der Waals surface area contributed by atoms with Gasteiger partial charge in [0.15, 0.2) is 5.88 Å². The van der Waals surface area contributed by atoms with Gasteiger partial charge in [-0.2, -0.15) is 0 Å². The van der Waals surface area contributed by atoms with Gasteiger partial charge in [-0.1, -0.05) is 30.3 Å². The molecule has 102 valence electrons. The maximum absolute atomic E-state index is 12.1. The molecule has 5 nitrogen and oxygen atoms in total. The van der Waals surface area contributed by atoms with Crippen molar-refractivity contribution in [2.75, 3.05) is 14.2 Å². The normalized spacial score (nSPS) is 18.1. The van der Waals surface area contributed by atoms with E-state index in [1.165, 1.54) is 12.0 Å². The molecule has 0 N–H and O–H groups in total. The van der Waals surface area contributed by atoms with Gasteiger partial charge in [0, 0.05) is 13.5 Å². The summed E-state index contributed by atoms with van der Waals surface area (Å²) in [6, 6.07) is 9.52. The van der Waals surface area contributed by atoms with E-state index in [9.17, 15) is 4.79 Å². The van der Waals surface area contributed by atoms with Crippen molar-refractivity contribution in [2.24, 2.45) is 0 Å². The molecule has 1 heterocycles. The van der Waals surface area contributed by atoms with Crippen molar-refractivity contribution < 1.29 is 19.0 Å². The van der Waals surface area contributed by atoms with Crippen LogP contribution in [0.3, 0.4) is 0 Å². The van der Waals surface area contributed by atoms with E-state index in [0.29, 0.717) is 12.3 Å². The number of benzene rings is 1. The van der Waals surface area contributed by atoms with E-state index in [1.54, 1.807) is 13.2 Å². The minimum Gasteiger partial charge on any atom is -0.482 e. The molecule has 0 saturated heterocycles. The maximum Gasteiger partial charge on any atom is 0.419 e. The first-order chi connectivity index (χ1) is 9.26. The number of hydrogen-bond donors (Lipinski definition) is 0. The average molecular weight is 263 g/mol. The Kier molecular flexibility index (Phi) is 4.41. The van der Waals surface area contributed by atoms with Crippen LogP contribution in [0.15, 0.2) is 42.3 Å². The zero-order valence-corrected chi connectivity index (χ0v) is 11.0. The lowest BCUT2D eigenvalue weighted by atomic mass is 10.2. The number of carbonyl (C=O) groups excluding carboxylic acids is 1. The molecule has 0 spiro atoms. The minimum atomic E-state index is -0.471. The Hall–Kier alpha value is -2.01. The van der Waals surface area contributed by atoms with Gasteiger partial charge in [-0.3, -0.25) is 0 Å². The zero-order chi connectivity index (χ0) is 13.7. The van der Waals surface area contributed by atoms with E-state index in [4.69, 9.17) is 14.2 Å². The summed E-state index contributed by atoms with van der Waals surface area (Å²) in [7, 11) is 3.07. The minimum absolute atomic E-state index is 0.226. The van der Waals surface area contributed by atoms with Gasteiger partial charge in [0.25, 0.3) is 0 Å². The molecule has 1 aromatic carbocycles. The molecule has 0 aliphatic carbocycles. The van der Waals surface area contributed by atoms with E-state index in [1.807, 2.05) is 30.3 Å². The summed E-state index contributed by atoms with van der Waals surface area (Å²) >= 11 is 0. The fourth-order valence-corrected chi connectivity index (χ4v) is 1.93. The predicted octanol–water partition coefficient (Wildman–Crippen LogP) is 2.49. The molecule has 0 radical (unpaired) electrons. The van der Waals surface area contributed by atoms with Gasteiger partial charge in [0.05, 0.1) is 7.11 Å². The molecule has 1 aliphatic rings. The molecular weight excluding hydrogens is 246 g/mol. The van der Waals surface area contributed by atoms with E-state index in [2.05, 4.69) is 0 Å². The number of hydrogen-bond acceptors (Lipinski definition) is 4. The molecule has 0 fully saturated rings. The number of rotatable bonds is 4. The van der Waals surface area contributed by atoms with Crippen molar-refractivity contribution in [3.63, 3.8) is 0 Å². The second-order valence-corrected chi connectivity index (χ2v) is 4.08. The van der Waals surface area contributed by atoms with E-state index in [-0.39, 0.29) is 12.8 Å². The monoisotopic (exact) mass is 263 g/mol. The predicted molar refractivity (Wildman–Crippen MR) is 69.0 cm³/mol. The van der Waals surface area contributed by atoms with Crippen LogP contribution in [0.4, 0.5) is 4.79 Å². The fraction of sp³-hybridized carbons (Fsp3) is 0.357. The summed E-state index contributed by atoms with van der Waals surface area (Å²) in [5.41, 5.74) is 0.937. The van der Waals surface area contributed by atoms with Gasteiger partial charge in [-0.15, -0.1) is 0 Å². The van der Waals surface area contributed by atoms with Crippen molar-refractivity contribution in [2.45, 2.75) is 19.3 Å². The lowest BCUT2D eigenvalue weighted by molar-refractivity contribution is -0.0237. The second kappa shape index (κ2) is 6.24. The summed E-state index contributed by atoms with van der Waals surface area (Å²) in [5.74, 6) is 0.463. The van der Waals surface area contributed by atoms with Crippen LogP contribution in [-0.2, 0) is 20.8 Å². The largest absolute Gasteiger partial charge is 0.482 e. The molecule has 5 heteroatoms. The first kappa shape index (κ1) is 13.4. The van der Waals surface area contributed by atoms with Crippen molar-refractivity contribution in [1.29, 1.82) is 0 Å². The van der Waals surface area contributed by atoms with Crippen molar-refractivity contribution in [3.05, 3.63) is 47.9 Å². The Morgan fingerprint density at radius 2 is 2.05 bits per heavy atom. The molecule has 1 atom stereocenters. The third kappa shape index (κ3) is 3.06. The smallest absolute Gasteiger partial charge is 0.419 e. The lowest BCUT2D eigenvalue weighted by Crippen LogP contribution is -2.37. The van der Waals surface area contributed by atoms with Gasteiger partial charge in [0.2, 0.25) is 0 Å². The number of ether oxygens (including phenoxy) is 3. The Morgan fingerprint density at radius 1 is 1.32 bits per heavy atom. The molecule has 2 rings (SSSR count). The Balaban J connectivity index is 1.97. The summed E-state index contributed by atoms with van der Waals surface area (Å²) < 4.78 is 15.6. The van der Waals surface area contributed by atoms with E-state index in [0.717, 1.165) is 5.56 Å². The van der Waals surface area contributed by atoms with Gasteiger partial charge in [0.1, 0.15) is 12.8 Å². The summed E-state index contributed by atoms with van der Waals surface area (Å²) in [6.07, 6.45) is 1.57. The van der Waals surface area contributed by atoms with Crippen LogP contribution in [0.1, 0.15) is 12.0 Å². The molecule has 1 aliphatic heterocycles. The number of nitrogens with zero attached hydrogens (tertiary/aromatic N) is 1. The molecule has 0 bridgehead atoms. The Labute approximate surface area is 112 Å². The van der Waals surface area contributed by atoms with Crippen LogP contribution < -0.4 is 0 Å². The molecular formula is C14H17NO4. The van der Waals surface area contributed by atoms with E-state index >= 15 is 0 Å².